The molecule has 0 aromatic heterocycles. The van der Waals surface area contributed by atoms with E-state index in [0.29, 0.717) is 21.7 Å². The molecular formula is C24H42. The maximum atomic E-state index is 2.75. The molecule has 0 amide bonds. The maximum Gasteiger partial charge on any atom is -0.0235 e. The summed E-state index contributed by atoms with van der Waals surface area (Å²) in [5.41, 5.74) is 2.40. The fourth-order valence-electron chi connectivity index (χ4n) is 9.45. The molecule has 24 heavy (non-hydrogen) atoms. The summed E-state index contributed by atoms with van der Waals surface area (Å²) in [6, 6.07) is 0. The van der Waals surface area contributed by atoms with Crippen molar-refractivity contribution in [2.75, 3.05) is 0 Å². The molecule has 0 heteroatoms. The van der Waals surface area contributed by atoms with Gasteiger partial charge in [0.15, 0.2) is 0 Å². The van der Waals surface area contributed by atoms with E-state index in [2.05, 4.69) is 41.5 Å². The van der Waals surface area contributed by atoms with Crippen LogP contribution in [-0.2, 0) is 0 Å². The lowest BCUT2D eigenvalue weighted by atomic mass is 9.34. The molecule has 4 aliphatic carbocycles. The van der Waals surface area contributed by atoms with Crippen LogP contribution >= 0.6 is 0 Å². The van der Waals surface area contributed by atoms with E-state index in [4.69, 9.17) is 0 Å². The first-order valence-corrected chi connectivity index (χ1v) is 11.2. The molecule has 4 aliphatic rings. The van der Waals surface area contributed by atoms with Crippen molar-refractivity contribution >= 4 is 0 Å². The van der Waals surface area contributed by atoms with Gasteiger partial charge in [-0.05, 0) is 90.3 Å². The molecule has 138 valence electrons. The fraction of sp³-hybridized carbons (Fsp3) is 1.00. The standard InChI is InChI=1S/C24H42/c1-17-9-7-15-23(5)18(17)10-11-20-22(4)14-8-13-21(2,3)19(22)12-16-24(20,23)6/h17-20H,7-16H2,1-6H3/t17-,18-,19+,20-,22+,23-,24-/m1/s1. The summed E-state index contributed by atoms with van der Waals surface area (Å²) in [7, 11) is 0. The molecule has 0 N–H and O–H groups in total. The molecule has 4 saturated carbocycles. The second-order valence-corrected chi connectivity index (χ2v) is 11.9. The Bertz CT molecular complexity index is 504. The zero-order valence-corrected chi connectivity index (χ0v) is 17.4. The van der Waals surface area contributed by atoms with Gasteiger partial charge in [0.1, 0.15) is 0 Å². The van der Waals surface area contributed by atoms with Crippen molar-refractivity contribution in [3.63, 3.8) is 0 Å². The molecule has 0 radical (unpaired) electrons. The van der Waals surface area contributed by atoms with Crippen LogP contribution < -0.4 is 0 Å². The van der Waals surface area contributed by atoms with Gasteiger partial charge in [-0.25, -0.2) is 0 Å². The van der Waals surface area contributed by atoms with Gasteiger partial charge in [-0.2, -0.15) is 0 Å². The summed E-state index contributed by atoms with van der Waals surface area (Å²) in [6.07, 6.45) is 15.0. The minimum absolute atomic E-state index is 0.575. The molecule has 0 bridgehead atoms. The van der Waals surface area contributed by atoms with E-state index in [1.54, 1.807) is 0 Å². The molecule has 7 atom stereocenters. The highest BCUT2D eigenvalue weighted by atomic mass is 14.7. The fourth-order valence-corrected chi connectivity index (χ4v) is 9.45. The average Bonchev–Trinajstić information content (AvgIpc) is 2.47. The third-order valence-corrected chi connectivity index (χ3v) is 10.7. The third-order valence-electron chi connectivity index (χ3n) is 10.7. The zero-order valence-electron chi connectivity index (χ0n) is 17.4. The summed E-state index contributed by atoms with van der Waals surface area (Å²) in [5.74, 6) is 3.92. The number of hydrogen-bond donors (Lipinski definition) is 0. The van der Waals surface area contributed by atoms with Gasteiger partial charge in [0.25, 0.3) is 0 Å². The van der Waals surface area contributed by atoms with Crippen LogP contribution in [0, 0.1) is 45.3 Å². The lowest BCUT2D eigenvalue weighted by molar-refractivity contribution is -0.221. The highest BCUT2D eigenvalue weighted by Gasteiger charge is 2.66. The summed E-state index contributed by atoms with van der Waals surface area (Å²) in [4.78, 5) is 0. The molecule has 0 aromatic carbocycles. The quantitative estimate of drug-likeness (QED) is 0.432. The van der Waals surface area contributed by atoms with Gasteiger partial charge in [0.05, 0.1) is 0 Å². The second kappa shape index (κ2) is 5.26. The van der Waals surface area contributed by atoms with Gasteiger partial charge < -0.3 is 0 Å². The number of fused-ring (bicyclic) bond motifs is 5. The Balaban J connectivity index is 1.75. The van der Waals surface area contributed by atoms with E-state index in [1.165, 1.54) is 64.2 Å². The topological polar surface area (TPSA) is 0 Å². The molecule has 0 unspecified atom stereocenters. The SMILES string of the molecule is C[C@@H]1CCC[C@]2(C)[C@@H]1CC[C@@H]1[C@@]3(C)CCCC(C)(C)[C@@H]3CC[C@]12C. The van der Waals surface area contributed by atoms with Crippen LogP contribution in [0.5, 0.6) is 0 Å². The minimum Gasteiger partial charge on any atom is -0.0622 e. The Kier molecular flexibility index (Phi) is 3.82. The summed E-state index contributed by atoms with van der Waals surface area (Å²) < 4.78 is 0. The Morgan fingerprint density at radius 3 is 2.12 bits per heavy atom. The summed E-state index contributed by atoms with van der Waals surface area (Å²) in [6.45, 7) is 16.0. The van der Waals surface area contributed by atoms with E-state index in [9.17, 15) is 0 Å². The molecule has 0 aromatic rings. The smallest absolute Gasteiger partial charge is 0.0235 e. The summed E-state index contributed by atoms with van der Waals surface area (Å²) >= 11 is 0. The van der Waals surface area contributed by atoms with Crippen molar-refractivity contribution in [1.29, 1.82) is 0 Å². The predicted octanol–water partition coefficient (Wildman–Crippen LogP) is 7.47. The highest BCUT2D eigenvalue weighted by molar-refractivity contribution is 5.15. The molecular weight excluding hydrogens is 288 g/mol. The normalized spacial score (nSPS) is 56.8. The first kappa shape index (κ1) is 17.4. The Hall–Kier alpha value is 0. The third kappa shape index (κ3) is 2.04. The summed E-state index contributed by atoms with van der Waals surface area (Å²) in [5, 5.41) is 0. The van der Waals surface area contributed by atoms with E-state index in [0.717, 1.165) is 23.7 Å². The van der Waals surface area contributed by atoms with Crippen LogP contribution in [0.2, 0.25) is 0 Å². The molecule has 0 heterocycles. The van der Waals surface area contributed by atoms with Crippen molar-refractivity contribution in [2.45, 2.75) is 106 Å². The molecule has 0 saturated heterocycles. The molecule has 0 nitrogen and oxygen atoms in total. The lowest BCUT2D eigenvalue weighted by Gasteiger charge is -2.71. The largest absolute Gasteiger partial charge is 0.0622 e. The van der Waals surface area contributed by atoms with Crippen LogP contribution in [-0.4, -0.2) is 0 Å². The van der Waals surface area contributed by atoms with E-state index >= 15 is 0 Å². The Morgan fingerprint density at radius 1 is 0.625 bits per heavy atom. The average molecular weight is 331 g/mol. The van der Waals surface area contributed by atoms with Crippen LogP contribution in [0.4, 0.5) is 0 Å². The molecule has 4 fully saturated rings. The van der Waals surface area contributed by atoms with Crippen molar-refractivity contribution in [2.24, 2.45) is 45.3 Å². The lowest BCUT2D eigenvalue weighted by Crippen LogP contribution is -2.63. The van der Waals surface area contributed by atoms with Crippen molar-refractivity contribution in [3.8, 4) is 0 Å². The van der Waals surface area contributed by atoms with Crippen LogP contribution in [0.1, 0.15) is 106 Å². The molecule has 4 rings (SSSR count). The molecule has 0 spiro atoms. The van der Waals surface area contributed by atoms with Gasteiger partial charge in [0, 0.05) is 0 Å². The Morgan fingerprint density at radius 2 is 1.38 bits per heavy atom. The van der Waals surface area contributed by atoms with Gasteiger partial charge in [-0.3, -0.25) is 0 Å². The predicted molar refractivity (Wildman–Crippen MR) is 104 cm³/mol. The Labute approximate surface area is 151 Å². The van der Waals surface area contributed by atoms with E-state index in [-0.39, 0.29) is 0 Å². The number of hydrogen-bond acceptors (Lipinski definition) is 0. The van der Waals surface area contributed by atoms with Crippen LogP contribution in [0.3, 0.4) is 0 Å². The molecule has 0 aliphatic heterocycles. The van der Waals surface area contributed by atoms with E-state index < -0.39 is 0 Å². The van der Waals surface area contributed by atoms with Crippen molar-refractivity contribution < 1.29 is 0 Å². The first-order valence-electron chi connectivity index (χ1n) is 11.2. The highest BCUT2D eigenvalue weighted by Crippen LogP contribution is 2.74. The van der Waals surface area contributed by atoms with Gasteiger partial charge >= 0.3 is 0 Å². The second-order valence-electron chi connectivity index (χ2n) is 11.9. The van der Waals surface area contributed by atoms with Gasteiger partial charge in [-0.1, -0.05) is 60.8 Å². The van der Waals surface area contributed by atoms with E-state index in [1.807, 2.05) is 0 Å². The maximum absolute atomic E-state index is 2.75. The van der Waals surface area contributed by atoms with Gasteiger partial charge in [0.2, 0.25) is 0 Å². The van der Waals surface area contributed by atoms with Crippen LogP contribution in [0.15, 0.2) is 0 Å². The first-order chi connectivity index (χ1) is 11.2. The minimum atomic E-state index is 0.575. The zero-order chi connectivity index (χ0) is 17.4. The monoisotopic (exact) mass is 330 g/mol. The van der Waals surface area contributed by atoms with Crippen molar-refractivity contribution in [3.05, 3.63) is 0 Å². The number of rotatable bonds is 0. The van der Waals surface area contributed by atoms with Crippen molar-refractivity contribution in [1.82, 2.24) is 0 Å². The van der Waals surface area contributed by atoms with Gasteiger partial charge in [-0.15, -0.1) is 0 Å². The van der Waals surface area contributed by atoms with Crippen LogP contribution in [0.25, 0.3) is 0 Å².